The summed E-state index contributed by atoms with van der Waals surface area (Å²) in [6, 6.07) is 6.98. The first-order valence-corrected chi connectivity index (χ1v) is 8.18. The number of benzene rings is 1. The number of hydrogen-bond donors (Lipinski definition) is 2. The minimum atomic E-state index is -0.459. The zero-order valence-electron chi connectivity index (χ0n) is 12.9. The molecule has 1 unspecified atom stereocenters. The second-order valence-corrected chi connectivity index (χ2v) is 6.95. The number of fused-ring (bicyclic) bond motifs is 1. The van der Waals surface area contributed by atoms with E-state index in [9.17, 15) is 9.18 Å². The van der Waals surface area contributed by atoms with Crippen LogP contribution in [0.3, 0.4) is 0 Å². The Morgan fingerprint density at radius 3 is 2.78 bits per heavy atom. The Labute approximate surface area is 134 Å². The molecule has 0 saturated heterocycles. The Hall–Kier alpha value is -2.01. The summed E-state index contributed by atoms with van der Waals surface area (Å²) in [6.45, 7) is 0. The summed E-state index contributed by atoms with van der Waals surface area (Å²) in [4.78, 5) is 16.4. The van der Waals surface area contributed by atoms with Crippen molar-refractivity contribution in [3.63, 3.8) is 0 Å². The Morgan fingerprint density at radius 2 is 2.09 bits per heavy atom. The van der Waals surface area contributed by atoms with E-state index in [1.165, 1.54) is 6.07 Å². The molecule has 2 aliphatic carbocycles. The molecule has 0 aliphatic heterocycles. The van der Waals surface area contributed by atoms with Crippen molar-refractivity contribution in [2.24, 2.45) is 11.1 Å². The van der Waals surface area contributed by atoms with Crippen LogP contribution in [0.25, 0.3) is 10.9 Å². The summed E-state index contributed by atoms with van der Waals surface area (Å²) in [7, 11) is 0. The Bertz CT molecular complexity index is 768. The standard InChI is InChI=1S/C18H20FN3O/c19-14-9-12(8-11-2-1-7-21-16(11)14)17(23)22-13-3-5-18(6-4-13)10-15(18)20/h1-2,7-9,13,15H,3-6,10,20H2,(H,22,23). The maximum absolute atomic E-state index is 14.1. The van der Waals surface area contributed by atoms with Gasteiger partial charge in [0.05, 0.1) is 0 Å². The van der Waals surface area contributed by atoms with Crippen LogP contribution >= 0.6 is 0 Å². The smallest absolute Gasteiger partial charge is 0.251 e. The zero-order chi connectivity index (χ0) is 16.0. The van der Waals surface area contributed by atoms with Crippen molar-refractivity contribution in [1.29, 1.82) is 0 Å². The van der Waals surface area contributed by atoms with Gasteiger partial charge in [-0.15, -0.1) is 0 Å². The molecule has 1 atom stereocenters. The molecule has 1 aromatic carbocycles. The summed E-state index contributed by atoms with van der Waals surface area (Å²) >= 11 is 0. The van der Waals surface area contributed by atoms with Gasteiger partial charge in [-0.1, -0.05) is 6.07 Å². The van der Waals surface area contributed by atoms with Crippen LogP contribution in [0.2, 0.25) is 0 Å². The number of rotatable bonds is 2. The van der Waals surface area contributed by atoms with Gasteiger partial charge >= 0.3 is 0 Å². The molecule has 0 bridgehead atoms. The molecule has 1 spiro atoms. The first kappa shape index (κ1) is 14.6. The molecule has 2 aromatic rings. The van der Waals surface area contributed by atoms with E-state index in [0.29, 0.717) is 27.9 Å². The number of hydrogen-bond acceptors (Lipinski definition) is 3. The SMILES string of the molecule is NC1CC12CCC(NC(=O)c1cc(F)c3ncccc3c1)CC2. The largest absolute Gasteiger partial charge is 0.349 e. The molecule has 120 valence electrons. The fraction of sp³-hybridized carbons (Fsp3) is 0.444. The summed E-state index contributed by atoms with van der Waals surface area (Å²) < 4.78 is 14.1. The summed E-state index contributed by atoms with van der Waals surface area (Å²) in [5.74, 6) is -0.671. The van der Waals surface area contributed by atoms with Crippen molar-refractivity contribution >= 4 is 16.8 Å². The summed E-state index contributed by atoms with van der Waals surface area (Å²) in [6.07, 6.45) is 6.74. The quantitative estimate of drug-likeness (QED) is 0.896. The maximum atomic E-state index is 14.1. The number of nitrogens with one attached hydrogen (secondary N) is 1. The van der Waals surface area contributed by atoms with E-state index in [-0.39, 0.29) is 11.9 Å². The summed E-state index contributed by atoms with van der Waals surface area (Å²) in [5, 5.41) is 3.68. The predicted octanol–water partition coefficient (Wildman–Crippen LogP) is 2.76. The zero-order valence-corrected chi connectivity index (χ0v) is 12.9. The number of carbonyl (C=O) groups excluding carboxylic acids is 1. The molecule has 1 aromatic heterocycles. The summed E-state index contributed by atoms with van der Waals surface area (Å²) in [5.41, 5.74) is 7.00. The lowest BCUT2D eigenvalue weighted by atomic mass is 9.83. The van der Waals surface area contributed by atoms with Crippen molar-refractivity contribution < 1.29 is 9.18 Å². The molecule has 2 saturated carbocycles. The second kappa shape index (κ2) is 5.27. The van der Waals surface area contributed by atoms with Crippen LogP contribution in [-0.4, -0.2) is 23.0 Å². The lowest BCUT2D eigenvalue weighted by molar-refractivity contribution is 0.0918. The van der Waals surface area contributed by atoms with Gasteiger partial charge < -0.3 is 11.1 Å². The van der Waals surface area contributed by atoms with E-state index in [4.69, 9.17) is 5.73 Å². The molecule has 1 heterocycles. The third-order valence-corrected chi connectivity index (χ3v) is 5.49. The molecule has 23 heavy (non-hydrogen) atoms. The first-order chi connectivity index (χ1) is 11.1. The van der Waals surface area contributed by atoms with Crippen molar-refractivity contribution in [2.45, 2.75) is 44.2 Å². The van der Waals surface area contributed by atoms with E-state index >= 15 is 0 Å². The van der Waals surface area contributed by atoms with Crippen LogP contribution < -0.4 is 11.1 Å². The maximum Gasteiger partial charge on any atom is 0.251 e. The van der Waals surface area contributed by atoms with Crippen LogP contribution in [0.5, 0.6) is 0 Å². The van der Waals surface area contributed by atoms with E-state index in [1.54, 1.807) is 24.4 Å². The molecule has 4 rings (SSSR count). The Kier molecular flexibility index (Phi) is 3.34. The van der Waals surface area contributed by atoms with Gasteiger partial charge in [-0.3, -0.25) is 9.78 Å². The number of amides is 1. The normalized spacial score (nSPS) is 29.7. The first-order valence-electron chi connectivity index (χ1n) is 8.18. The second-order valence-electron chi connectivity index (χ2n) is 6.95. The number of pyridine rings is 1. The average molecular weight is 313 g/mol. The highest BCUT2D eigenvalue weighted by molar-refractivity contribution is 5.98. The van der Waals surface area contributed by atoms with Gasteiger partial charge in [0.15, 0.2) is 0 Å². The van der Waals surface area contributed by atoms with Crippen LogP contribution in [-0.2, 0) is 0 Å². The molecule has 1 amide bonds. The average Bonchev–Trinajstić information content (AvgIpc) is 3.18. The molecule has 0 radical (unpaired) electrons. The Balaban J connectivity index is 1.47. The third-order valence-electron chi connectivity index (χ3n) is 5.49. The minimum Gasteiger partial charge on any atom is -0.349 e. The molecule has 5 heteroatoms. The highest BCUT2D eigenvalue weighted by atomic mass is 19.1. The molecule has 4 nitrogen and oxygen atoms in total. The van der Waals surface area contributed by atoms with Crippen molar-refractivity contribution in [2.75, 3.05) is 0 Å². The highest BCUT2D eigenvalue weighted by Crippen LogP contribution is 2.55. The lowest BCUT2D eigenvalue weighted by Gasteiger charge is -2.29. The van der Waals surface area contributed by atoms with Gasteiger partial charge in [0.2, 0.25) is 0 Å². The van der Waals surface area contributed by atoms with Crippen molar-refractivity contribution in [3.05, 3.63) is 41.8 Å². The molecule has 2 aliphatic rings. The fourth-order valence-electron chi connectivity index (χ4n) is 3.84. The highest BCUT2D eigenvalue weighted by Gasteiger charge is 2.52. The van der Waals surface area contributed by atoms with Crippen LogP contribution in [0.15, 0.2) is 30.5 Å². The molecular weight excluding hydrogens is 293 g/mol. The lowest BCUT2D eigenvalue weighted by Crippen LogP contribution is -2.38. The van der Waals surface area contributed by atoms with Crippen LogP contribution in [0.1, 0.15) is 42.5 Å². The molecular formula is C18H20FN3O. The number of aromatic nitrogens is 1. The van der Waals surface area contributed by atoms with Gasteiger partial charge in [0.25, 0.3) is 5.91 Å². The van der Waals surface area contributed by atoms with E-state index in [1.807, 2.05) is 0 Å². The van der Waals surface area contributed by atoms with Gasteiger partial charge in [-0.25, -0.2) is 4.39 Å². The molecule has 3 N–H and O–H groups in total. The van der Waals surface area contributed by atoms with Gasteiger partial charge in [-0.05, 0) is 55.7 Å². The monoisotopic (exact) mass is 313 g/mol. The van der Waals surface area contributed by atoms with Gasteiger partial charge in [0.1, 0.15) is 11.3 Å². The number of halogens is 1. The van der Waals surface area contributed by atoms with Crippen LogP contribution in [0.4, 0.5) is 4.39 Å². The number of nitrogens with zero attached hydrogens (tertiary/aromatic N) is 1. The van der Waals surface area contributed by atoms with Crippen molar-refractivity contribution in [3.8, 4) is 0 Å². The van der Waals surface area contributed by atoms with Gasteiger partial charge in [-0.2, -0.15) is 0 Å². The molecule has 2 fully saturated rings. The Morgan fingerprint density at radius 1 is 1.35 bits per heavy atom. The number of carbonyl (C=O) groups is 1. The van der Waals surface area contributed by atoms with Crippen molar-refractivity contribution in [1.82, 2.24) is 10.3 Å². The van der Waals surface area contributed by atoms with E-state index in [2.05, 4.69) is 10.3 Å². The topological polar surface area (TPSA) is 68.0 Å². The van der Waals surface area contributed by atoms with E-state index in [0.717, 1.165) is 32.1 Å². The van der Waals surface area contributed by atoms with Crippen LogP contribution in [0, 0.1) is 11.2 Å². The van der Waals surface area contributed by atoms with Gasteiger partial charge in [0, 0.05) is 29.2 Å². The minimum absolute atomic E-state index is 0.161. The number of nitrogens with two attached hydrogens (primary N) is 1. The predicted molar refractivity (Wildman–Crippen MR) is 86.4 cm³/mol. The fourth-order valence-corrected chi connectivity index (χ4v) is 3.84. The third kappa shape index (κ3) is 2.59. The van der Waals surface area contributed by atoms with E-state index < -0.39 is 5.82 Å².